The second-order valence-electron chi connectivity index (χ2n) is 3.36. The van der Waals surface area contributed by atoms with Crippen LogP contribution in [0.1, 0.15) is 17.2 Å². The second kappa shape index (κ2) is 5.29. The molecular weight excluding hydrogens is 209 g/mol. The maximum atomic E-state index is 13.3. The van der Waals surface area contributed by atoms with E-state index in [1.165, 1.54) is 12.1 Å². The molecule has 84 valence electrons. The van der Waals surface area contributed by atoms with E-state index in [4.69, 9.17) is 11.5 Å². The largest absolute Gasteiger partial charge is 0.480 e. The van der Waals surface area contributed by atoms with Gasteiger partial charge in [0.15, 0.2) is 0 Å². The maximum absolute atomic E-state index is 13.3. The minimum Gasteiger partial charge on any atom is -0.480 e. The summed E-state index contributed by atoms with van der Waals surface area (Å²) in [6, 6.07) is 3.34. The average Bonchev–Trinajstić information content (AvgIpc) is 2.23. The van der Waals surface area contributed by atoms with Crippen molar-refractivity contribution in [3.8, 4) is 12.3 Å². The Morgan fingerprint density at radius 3 is 2.88 bits per heavy atom. The van der Waals surface area contributed by atoms with E-state index in [2.05, 4.69) is 11.2 Å². The molecule has 3 nitrogen and oxygen atoms in total. The average molecular weight is 221 g/mol. The van der Waals surface area contributed by atoms with E-state index in [-0.39, 0.29) is 6.54 Å². The Labute approximate surface area is 93.3 Å². The molecule has 0 aliphatic carbocycles. The first-order chi connectivity index (χ1) is 7.56. The number of hydrogen-bond acceptors (Lipinski definition) is 2. The third kappa shape index (κ3) is 2.81. The highest BCUT2D eigenvalue weighted by atomic mass is 19.1. The van der Waals surface area contributed by atoms with Crippen LogP contribution in [0.3, 0.4) is 0 Å². The first kappa shape index (κ1) is 12.2. The van der Waals surface area contributed by atoms with Crippen LogP contribution in [-0.4, -0.2) is 17.6 Å². The number of carboxylic acids is 1. The van der Waals surface area contributed by atoms with E-state index in [0.717, 1.165) is 0 Å². The summed E-state index contributed by atoms with van der Waals surface area (Å²) in [5, 5.41) is 11.6. The number of terminal acetylenes is 1. The molecule has 0 aromatic heterocycles. The topological polar surface area (TPSA) is 49.3 Å². The zero-order chi connectivity index (χ0) is 12.1. The van der Waals surface area contributed by atoms with Gasteiger partial charge in [-0.2, -0.15) is 0 Å². The van der Waals surface area contributed by atoms with Crippen LogP contribution in [0.5, 0.6) is 0 Å². The third-order valence-corrected chi connectivity index (χ3v) is 2.18. The summed E-state index contributed by atoms with van der Waals surface area (Å²) in [5.74, 6) is 0.771. The smallest absolute Gasteiger partial charge is 0.325 e. The molecule has 1 atom stereocenters. The van der Waals surface area contributed by atoms with Crippen LogP contribution in [0.25, 0.3) is 0 Å². The SMILES string of the molecule is C#CCNC(C(=O)O)c1ccc(C)c(F)c1. The van der Waals surface area contributed by atoms with Crippen molar-refractivity contribution in [2.45, 2.75) is 13.0 Å². The minimum absolute atomic E-state index is 0.118. The van der Waals surface area contributed by atoms with E-state index in [9.17, 15) is 9.18 Å². The number of aliphatic carboxylic acids is 1. The number of carbonyl (C=O) groups is 1. The first-order valence-corrected chi connectivity index (χ1v) is 4.72. The standard InChI is InChI=1S/C12H12FNO2/c1-3-6-14-11(12(15)16)9-5-4-8(2)10(13)7-9/h1,4-5,7,11,14H,6H2,2H3,(H,15,16). The Morgan fingerprint density at radius 1 is 1.69 bits per heavy atom. The van der Waals surface area contributed by atoms with Crippen LogP contribution in [0.2, 0.25) is 0 Å². The van der Waals surface area contributed by atoms with Crippen LogP contribution in [-0.2, 0) is 4.79 Å². The molecule has 0 aliphatic rings. The van der Waals surface area contributed by atoms with E-state index >= 15 is 0 Å². The van der Waals surface area contributed by atoms with Crippen LogP contribution in [0.4, 0.5) is 4.39 Å². The summed E-state index contributed by atoms with van der Waals surface area (Å²) in [6.45, 7) is 1.73. The molecule has 2 N–H and O–H groups in total. The molecule has 1 rings (SSSR count). The highest BCUT2D eigenvalue weighted by molar-refractivity contribution is 5.75. The fourth-order valence-corrected chi connectivity index (χ4v) is 1.30. The number of hydrogen-bond donors (Lipinski definition) is 2. The van der Waals surface area contributed by atoms with Crippen LogP contribution < -0.4 is 5.32 Å². The van der Waals surface area contributed by atoms with Gasteiger partial charge in [0.2, 0.25) is 0 Å². The van der Waals surface area contributed by atoms with Gasteiger partial charge < -0.3 is 5.11 Å². The summed E-state index contributed by atoms with van der Waals surface area (Å²) in [5.41, 5.74) is 0.829. The van der Waals surface area contributed by atoms with Crippen LogP contribution >= 0.6 is 0 Å². The lowest BCUT2D eigenvalue weighted by molar-refractivity contribution is -0.139. The van der Waals surface area contributed by atoms with Crippen molar-refractivity contribution in [2.24, 2.45) is 0 Å². The maximum Gasteiger partial charge on any atom is 0.325 e. The molecule has 0 fully saturated rings. The molecule has 0 radical (unpaired) electrons. The van der Waals surface area contributed by atoms with Gasteiger partial charge in [-0.3, -0.25) is 10.1 Å². The third-order valence-electron chi connectivity index (χ3n) is 2.18. The molecule has 0 heterocycles. The molecule has 0 spiro atoms. The van der Waals surface area contributed by atoms with Gasteiger partial charge in [0.25, 0.3) is 0 Å². The quantitative estimate of drug-likeness (QED) is 0.757. The van der Waals surface area contributed by atoms with Gasteiger partial charge in [-0.05, 0) is 24.1 Å². The molecule has 0 saturated heterocycles. The molecule has 4 heteroatoms. The molecule has 0 saturated carbocycles. The number of nitrogens with one attached hydrogen (secondary N) is 1. The van der Waals surface area contributed by atoms with E-state index in [1.54, 1.807) is 13.0 Å². The van der Waals surface area contributed by atoms with Crippen molar-refractivity contribution in [3.63, 3.8) is 0 Å². The van der Waals surface area contributed by atoms with Gasteiger partial charge in [0.05, 0.1) is 6.54 Å². The summed E-state index contributed by atoms with van der Waals surface area (Å²) in [4.78, 5) is 10.9. The molecular formula is C12H12FNO2. The molecule has 1 unspecified atom stereocenters. The fraction of sp³-hybridized carbons (Fsp3) is 0.250. The van der Waals surface area contributed by atoms with E-state index in [0.29, 0.717) is 11.1 Å². The Kier molecular flexibility index (Phi) is 4.03. The van der Waals surface area contributed by atoms with Crippen LogP contribution in [0, 0.1) is 25.1 Å². The molecule has 16 heavy (non-hydrogen) atoms. The molecule has 0 aliphatic heterocycles. The Morgan fingerprint density at radius 2 is 2.38 bits per heavy atom. The Bertz CT molecular complexity index is 437. The fourth-order valence-electron chi connectivity index (χ4n) is 1.30. The van der Waals surface area contributed by atoms with E-state index < -0.39 is 17.8 Å². The molecule has 0 bridgehead atoms. The molecule has 1 aromatic rings. The zero-order valence-corrected chi connectivity index (χ0v) is 8.83. The summed E-state index contributed by atoms with van der Waals surface area (Å²) in [7, 11) is 0. The monoisotopic (exact) mass is 221 g/mol. The number of halogens is 1. The normalized spacial score (nSPS) is 11.8. The lowest BCUT2D eigenvalue weighted by Gasteiger charge is -2.13. The number of aryl methyl sites for hydroxylation is 1. The highest BCUT2D eigenvalue weighted by Gasteiger charge is 2.19. The lowest BCUT2D eigenvalue weighted by Crippen LogP contribution is -2.28. The summed E-state index contributed by atoms with van der Waals surface area (Å²) >= 11 is 0. The molecule has 0 amide bonds. The van der Waals surface area contributed by atoms with Gasteiger partial charge in [-0.15, -0.1) is 6.42 Å². The van der Waals surface area contributed by atoms with E-state index in [1.807, 2.05) is 0 Å². The Hall–Kier alpha value is -1.86. The first-order valence-electron chi connectivity index (χ1n) is 4.72. The van der Waals surface area contributed by atoms with Crippen LogP contribution in [0.15, 0.2) is 18.2 Å². The van der Waals surface area contributed by atoms with Gasteiger partial charge in [0, 0.05) is 0 Å². The predicted molar refractivity (Wildman–Crippen MR) is 58.3 cm³/mol. The van der Waals surface area contributed by atoms with Gasteiger partial charge >= 0.3 is 5.97 Å². The predicted octanol–water partition coefficient (Wildman–Crippen LogP) is 1.48. The number of benzene rings is 1. The number of rotatable bonds is 4. The zero-order valence-electron chi connectivity index (χ0n) is 8.83. The van der Waals surface area contributed by atoms with Gasteiger partial charge in [-0.25, -0.2) is 4.39 Å². The summed E-state index contributed by atoms with van der Waals surface area (Å²) < 4.78 is 13.3. The van der Waals surface area contributed by atoms with Crippen molar-refractivity contribution in [1.29, 1.82) is 0 Å². The van der Waals surface area contributed by atoms with Crippen molar-refractivity contribution in [2.75, 3.05) is 6.54 Å². The van der Waals surface area contributed by atoms with Crippen molar-refractivity contribution >= 4 is 5.97 Å². The summed E-state index contributed by atoms with van der Waals surface area (Å²) in [6.07, 6.45) is 5.03. The minimum atomic E-state index is -1.08. The van der Waals surface area contributed by atoms with Crippen molar-refractivity contribution in [3.05, 3.63) is 35.1 Å². The Balaban J connectivity index is 2.97. The van der Waals surface area contributed by atoms with Crippen molar-refractivity contribution < 1.29 is 14.3 Å². The van der Waals surface area contributed by atoms with Gasteiger partial charge in [0.1, 0.15) is 11.9 Å². The van der Waals surface area contributed by atoms with Gasteiger partial charge in [-0.1, -0.05) is 18.1 Å². The number of carboxylic acid groups (broad SMARTS) is 1. The lowest BCUT2D eigenvalue weighted by atomic mass is 10.0. The molecule has 1 aromatic carbocycles. The van der Waals surface area contributed by atoms with Crippen molar-refractivity contribution in [1.82, 2.24) is 5.32 Å². The highest BCUT2D eigenvalue weighted by Crippen LogP contribution is 2.16. The second-order valence-corrected chi connectivity index (χ2v) is 3.36.